The lowest BCUT2D eigenvalue weighted by Crippen LogP contribution is -2.41. The molecule has 0 aliphatic heterocycles. The van der Waals surface area contributed by atoms with Crippen LogP contribution < -0.4 is 10.0 Å². The number of aromatic hydroxyl groups is 1. The van der Waals surface area contributed by atoms with Gasteiger partial charge in [-0.05, 0) is 25.2 Å². The second-order valence-corrected chi connectivity index (χ2v) is 5.62. The minimum absolute atomic E-state index is 0.494. The number of alkyl halides is 4. The number of nitrogens with one attached hydrogen (secondary N) is 2. The fourth-order valence-electron chi connectivity index (χ4n) is 1.23. The quantitative estimate of drug-likeness (QED) is 0.557. The van der Waals surface area contributed by atoms with Gasteiger partial charge in [0.2, 0.25) is 10.0 Å². The van der Waals surface area contributed by atoms with Crippen molar-refractivity contribution < 1.29 is 35.9 Å². The van der Waals surface area contributed by atoms with Crippen LogP contribution in [0, 0.1) is 0 Å². The van der Waals surface area contributed by atoms with Gasteiger partial charge in [0, 0.05) is 5.69 Å². The SMILES string of the molecule is CNS(=O)(=O)c1cc(NC(=O)C(F)(F)C(F)F)ccc1O. The molecule has 11 heteroatoms. The van der Waals surface area contributed by atoms with Crippen LogP contribution in [-0.4, -0.2) is 38.8 Å². The molecule has 1 amide bonds. The van der Waals surface area contributed by atoms with Crippen molar-refractivity contribution in [3.05, 3.63) is 18.2 Å². The average Bonchev–Trinajstić information content (AvgIpc) is 2.40. The van der Waals surface area contributed by atoms with E-state index in [1.54, 1.807) is 0 Å². The lowest BCUT2D eigenvalue weighted by Gasteiger charge is -2.15. The van der Waals surface area contributed by atoms with Crippen LogP contribution in [0.4, 0.5) is 23.2 Å². The summed E-state index contributed by atoms with van der Waals surface area (Å²) < 4.78 is 74.4. The Labute approximate surface area is 116 Å². The predicted molar refractivity (Wildman–Crippen MR) is 63.9 cm³/mol. The van der Waals surface area contributed by atoms with E-state index in [-0.39, 0.29) is 0 Å². The minimum Gasteiger partial charge on any atom is -0.507 e. The summed E-state index contributed by atoms with van der Waals surface area (Å²) >= 11 is 0. The molecule has 1 aromatic carbocycles. The van der Waals surface area contributed by atoms with Gasteiger partial charge in [-0.2, -0.15) is 8.78 Å². The zero-order valence-corrected chi connectivity index (χ0v) is 11.2. The molecule has 0 fully saturated rings. The molecular formula is C10H10F4N2O4S. The molecule has 0 heterocycles. The van der Waals surface area contributed by atoms with E-state index in [1.165, 1.54) is 5.32 Å². The molecule has 118 valence electrons. The number of phenolic OH excluding ortho intramolecular Hbond substituents is 1. The van der Waals surface area contributed by atoms with Gasteiger partial charge in [-0.3, -0.25) is 4.79 Å². The lowest BCUT2D eigenvalue weighted by atomic mass is 10.2. The monoisotopic (exact) mass is 330 g/mol. The van der Waals surface area contributed by atoms with E-state index < -0.39 is 44.6 Å². The van der Waals surface area contributed by atoms with Gasteiger partial charge >= 0.3 is 18.3 Å². The van der Waals surface area contributed by atoms with E-state index in [0.717, 1.165) is 19.2 Å². The van der Waals surface area contributed by atoms with Crippen molar-refractivity contribution in [3.8, 4) is 5.75 Å². The molecule has 0 unspecified atom stereocenters. The number of carbonyl (C=O) groups excluding carboxylic acids is 1. The van der Waals surface area contributed by atoms with Crippen LogP contribution >= 0.6 is 0 Å². The van der Waals surface area contributed by atoms with Crippen LogP contribution in [0.5, 0.6) is 5.75 Å². The van der Waals surface area contributed by atoms with Gasteiger partial charge in [0.05, 0.1) is 0 Å². The number of benzene rings is 1. The van der Waals surface area contributed by atoms with Gasteiger partial charge in [0.1, 0.15) is 10.6 Å². The number of amides is 1. The Morgan fingerprint density at radius 2 is 1.90 bits per heavy atom. The van der Waals surface area contributed by atoms with Crippen molar-refractivity contribution in [2.75, 3.05) is 12.4 Å². The summed E-state index contributed by atoms with van der Waals surface area (Å²) in [6.07, 6.45) is -4.21. The van der Waals surface area contributed by atoms with E-state index in [2.05, 4.69) is 0 Å². The number of anilines is 1. The number of sulfonamides is 1. The van der Waals surface area contributed by atoms with Gasteiger partial charge < -0.3 is 10.4 Å². The van der Waals surface area contributed by atoms with E-state index >= 15 is 0 Å². The smallest absolute Gasteiger partial charge is 0.383 e. The zero-order chi connectivity index (χ0) is 16.4. The Kier molecular flexibility index (Phi) is 4.79. The highest BCUT2D eigenvalue weighted by Gasteiger charge is 2.49. The highest BCUT2D eigenvalue weighted by Crippen LogP contribution is 2.28. The molecule has 6 nitrogen and oxygen atoms in total. The van der Waals surface area contributed by atoms with Crippen LogP contribution in [0.15, 0.2) is 23.1 Å². The summed E-state index contributed by atoms with van der Waals surface area (Å²) in [5, 5.41) is 10.8. The fourth-order valence-corrected chi connectivity index (χ4v) is 2.08. The Balaban J connectivity index is 3.13. The first-order valence-electron chi connectivity index (χ1n) is 5.26. The van der Waals surface area contributed by atoms with Gasteiger partial charge in [0.25, 0.3) is 0 Å². The minimum atomic E-state index is -4.93. The second kappa shape index (κ2) is 5.85. The number of hydrogen-bond acceptors (Lipinski definition) is 4. The average molecular weight is 330 g/mol. The molecule has 1 aromatic rings. The third-order valence-corrected chi connectivity index (χ3v) is 3.80. The van der Waals surface area contributed by atoms with Crippen molar-refractivity contribution in [1.82, 2.24) is 4.72 Å². The summed E-state index contributed by atoms with van der Waals surface area (Å²) in [6, 6.07) is 2.34. The van der Waals surface area contributed by atoms with Crippen LogP contribution in [0.1, 0.15) is 0 Å². The molecule has 0 atom stereocenters. The van der Waals surface area contributed by atoms with Crippen molar-refractivity contribution in [1.29, 1.82) is 0 Å². The third kappa shape index (κ3) is 3.61. The molecular weight excluding hydrogens is 320 g/mol. The summed E-state index contributed by atoms with van der Waals surface area (Å²) in [5.41, 5.74) is -0.494. The number of halogens is 4. The van der Waals surface area contributed by atoms with Gasteiger partial charge in [-0.1, -0.05) is 0 Å². The fraction of sp³-hybridized carbons (Fsp3) is 0.300. The largest absolute Gasteiger partial charge is 0.507 e. The number of phenols is 1. The predicted octanol–water partition coefficient (Wildman–Crippen LogP) is 1.14. The molecule has 0 aliphatic carbocycles. The van der Waals surface area contributed by atoms with Gasteiger partial charge in [-0.25, -0.2) is 21.9 Å². The summed E-state index contributed by atoms with van der Waals surface area (Å²) in [5.74, 6) is -7.93. The Bertz CT molecular complexity index is 648. The number of carbonyl (C=O) groups is 1. The van der Waals surface area contributed by atoms with E-state index in [4.69, 9.17) is 0 Å². The molecule has 0 saturated carbocycles. The van der Waals surface area contributed by atoms with Crippen molar-refractivity contribution in [3.63, 3.8) is 0 Å². The van der Waals surface area contributed by atoms with Gasteiger partial charge in [-0.15, -0.1) is 0 Å². The van der Waals surface area contributed by atoms with Crippen LogP contribution in [0.25, 0.3) is 0 Å². The maximum Gasteiger partial charge on any atom is 0.383 e. The van der Waals surface area contributed by atoms with E-state index in [0.29, 0.717) is 6.07 Å². The Morgan fingerprint density at radius 1 is 1.33 bits per heavy atom. The number of hydrogen-bond donors (Lipinski definition) is 3. The van der Waals surface area contributed by atoms with Crippen LogP contribution in [0.3, 0.4) is 0 Å². The molecule has 0 aliphatic rings. The summed E-state index contributed by atoms with van der Waals surface area (Å²) in [4.78, 5) is 10.3. The zero-order valence-electron chi connectivity index (χ0n) is 10.4. The highest BCUT2D eigenvalue weighted by atomic mass is 32.2. The normalized spacial score (nSPS) is 12.5. The molecule has 21 heavy (non-hydrogen) atoms. The van der Waals surface area contributed by atoms with Crippen LogP contribution in [-0.2, 0) is 14.8 Å². The van der Waals surface area contributed by atoms with E-state index in [9.17, 15) is 35.9 Å². The molecule has 3 N–H and O–H groups in total. The maximum atomic E-state index is 12.8. The molecule has 0 bridgehead atoms. The third-order valence-electron chi connectivity index (χ3n) is 2.35. The maximum absolute atomic E-state index is 12.8. The highest BCUT2D eigenvalue weighted by molar-refractivity contribution is 7.89. The molecule has 1 rings (SSSR count). The second-order valence-electron chi connectivity index (χ2n) is 3.77. The van der Waals surface area contributed by atoms with Crippen molar-refractivity contribution in [2.24, 2.45) is 0 Å². The Morgan fingerprint density at radius 3 is 2.38 bits per heavy atom. The molecule has 0 spiro atoms. The first-order valence-corrected chi connectivity index (χ1v) is 6.74. The lowest BCUT2D eigenvalue weighted by molar-refractivity contribution is -0.163. The standard InChI is InChI=1S/C10H10F4N2O4S/c1-15-21(19,20)7-4-5(2-3-6(7)17)16-9(18)10(13,14)8(11)12/h2-4,8,15,17H,1H3,(H,16,18). The topological polar surface area (TPSA) is 95.5 Å². The van der Waals surface area contributed by atoms with E-state index in [1.807, 2.05) is 4.72 Å². The molecule has 0 saturated heterocycles. The van der Waals surface area contributed by atoms with Gasteiger partial charge in [0.15, 0.2) is 0 Å². The number of rotatable bonds is 5. The summed E-state index contributed by atoms with van der Waals surface area (Å²) in [6.45, 7) is 0. The van der Waals surface area contributed by atoms with Crippen molar-refractivity contribution >= 4 is 21.6 Å². The molecule has 0 aromatic heterocycles. The van der Waals surface area contributed by atoms with Crippen LogP contribution in [0.2, 0.25) is 0 Å². The first kappa shape index (κ1) is 17.2. The molecule has 0 radical (unpaired) electrons. The van der Waals surface area contributed by atoms with Crippen molar-refractivity contribution in [2.45, 2.75) is 17.2 Å². The Hall–Kier alpha value is -1.88. The summed E-state index contributed by atoms with van der Waals surface area (Å²) in [7, 11) is -3.09. The first-order chi connectivity index (χ1) is 9.52.